The predicted molar refractivity (Wildman–Crippen MR) is 67.7 cm³/mol. The third kappa shape index (κ3) is 2.37. The van der Waals surface area contributed by atoms with Crippen molar-refractivity contribution < 1.29 is 0 Å². The summed E-state index contributed by atoms with van der Waals surface area (Å²) >= 11 is 3.85. The fraction of sp³-hybridized carbons (Fsp3) is 0.455. The Morgan fingerprint density at radius 2 is 2.53 bits per heavy atom. The van der Waals surface area contributed by atoms with Crippen molar-refractivity contribution in [2.75, 3.05) is 5.75 Å². The Bertz CT molecular complexity index is 355. The molecule has 0 amide bonds. The van der Waals surface area contributed by atoms with Gasteiger partial charge in [-0.05, 0) is 23.8 Å². The van der Waals surface area contributed by atoms with Crippen LogP contribution in [0.5, 0.6) is 0 Å². The van der Waals surface area contributed by atoms with Gasteiger partial charge in [-0.1, -0.05) is 0 Å². The first-order chi connectivity index (χ1) is 7.35. The van der Waals surface area contributed by atoms with Gasteiger partial charge in [0.15, 0.2) is 0 Å². The Labute approximate surface area is 98.6 Å². The Morgan fingerprint density at radius 3 is 3.20 bits per heavy atom. The van der Waals surface area contributed by atoms with Crippen molar-refractivity contribution in [1.82, 2.24) is 5.43 Å². The lowest BCUT2D eigenvalue weighted by Crippen LogP contribution is -2.26. The highest BCUT2D eigenvalue weighted by molar-refractivity contribution is 7.98. The van der Waals surface area contributed by atoms with Crippen molar-refractivity contribution in [1.29, 1.82) is 0 Å². The van der Waals surface area contributed by atoms with E-state index in [1.165, 1.54) is 27.5 Å². The predicted octanol–water partition coefficient (Wildman–Crippen LogP) is 2.07. The normalized spacial score (nSPS) is 16.8. The summed E-state index contributed by atoms with van der Waals surface area (Å²) in [7, 11) is 0. The number of hydrogen-bond donors (Lipinski definition) is 2. The number of terminal acetylenes is 1. The molecule has 0 radical (unpaired) electrons. The molecule has 80 valence electrons. The molecule has 15 heavy (non-hydrogen) atoms. The molecule has 0 bridgehead atoms. The molecule has 0 aromatic carbocycles. The smallest absolute Gasteiger partial charge is 0.0662 e. The molecule has 1 aromatic rings. The third-order valence-electron chi connectivity index (χ3n) is 2.51. The van der Waals surface area contributed by atoms with Crippen LogP contribution in [0.1, 0.15) is 27.8 Å². The molecule has 0 saturated carbocycles. The molecule has 1 aromatic heterocycles. The van der Waals surface area contributed by atoms with Gasteiger partial charge in [0.2, 0.25) is 0 Å². The molecule has 1 aliphatic heterocycles. The van der Waals surface area contributed by atoms with E-state index in [4.69, 9.17) is 12.3 Å². The van der Waals surface area contributed by atoms with E-state index >= 15 is 0 Å². The summed E-state index contributed by atoms with van der Waals surface area (Å²) in [5, 5.41) is 0. The topological polar surface area (TPSA) is 38.0 Å². The fourth-order valence-corrected chi connectivity index (χ4v) is 4.14. The first-order valence-electron chi connectivity index (χ1n) is 4.94. The van der Waals surface area contributed by atoms with E-state index in [0.29, 0.717) is 6.42 Å². The summed E-state index contributed by atoms with van der Waals surface area (Å²) in [6.45, 7) is 0. The summed E-state index contributed by atoms with van der Waals surface area (Å²) in [6.07, 6.45) is 7.17. The fourth-order valence-electron chi connectivity index (χ4n) is 1.70. The Kier molecular flexibility index (Phi) is 3.71. The molecule has 0 spiro atoms. The molecule has 0 fully saturated rings. The quantitative estimate of drug-likeness (QED) is 0.481. The minimum atomic E-state index is 0.121. The van der Waals surface area contributed by atoms with Crippen LogP contribution in [0, 0.1) is 12.3 Å². The average Bonchev–Trinajstić information content (AvgIpc) is 2.69. The van der Waals surface area contributed by atoms with Crippen LogP contribution in [-0.2, 0) is 12.2 Å². The van der Waals surface area contributed by atoms with Crippen LogP contribution in [0.2, 0.25) is 0 Å². The molecule has 0 aliphatic carbocycles. The molecular formula is C11H14N2S2. The molecule has 4 heteroatoms. The molecule has 1 aliphatic rings. The Hall–Kier alpha value is -0.470. The summed E-state index contributed by atoms with van der Waals surface area (Å²) in [4.78, 5) is 2.80. The summed E-state index contributed by atoms with van der Waals surface area (Å²) in [5.41, 5.74) is 4.27. The van der Waals surface area contributed by atoms with Crippen molar-refractivity contribution in [2.45, 2.75) is 24.6 Å². The highest BCUT2D eigenvalue weighted by atomic mass is 32.2. The number of thiophene rings is 1. The maximum absolute atomic E-state index is 5.50. The van der Waals surface area contributed by atoms with Gasteiger partial charge in [0, 0.05) is 21.9 Å². The lowest BCUT2D eigenvalue weighted by molar-refractivity contribution is 0.577. The van der Waals surface area contributed by atoms with Crippen LogP contribution in [-0.4, -0.2) is 5.75 Å². The summed E-state index contributed by atoms with van der Waals surface area (Å²) in [5.74, 6) is 10.5. The number of nitrogens with two attached hydrogens (primary N) is 1. The average molecular weight is 238 g/mol. The SMILES string of the molecule is C#CCC(NN)c1cc2c(s1)CCSC2. The molecule has 2 heterocycles. The van der Waals surface area contributed by atoms with Crippen molar-refractivity contribution in [3.8, 4) is 12.3 Å². The van der Waals surface area contributed by atoms with E-state index < -0.39 is 0 Å². The zero-order valence-electron chi connectivity index (χ0n) is 8.45. The van der Waals surface area contributed by atoms with Gasteiger partial charge >= 0.3 is 0 Å². The monoisotopic (exact) mass is 238 g/mol. The van der Waals surface area contributed by atoms with E-state index in [0.717, 1.165) is 5.75 Å². The van der Waals surface area contributed by atoms with Crippen LogP contribution < -0.4 is 11.3 Å². The van der Waals surface area contributed by atoms with Gasteiger partial charge in [-0.2, -0.15) is 11.8 Å². The Balaban J connectivity index is 2.21. The number of thioether (sulfide) groups is 1. The number of fused-ring (bicyclic) bond motifs is 1. The van der Waals surface area contributed by atoms with Crippen LogP contribution in [0.3, 0.4) is 0 Å². The van der Waals surface area contributed by atoms with Gasteiger partial charge in [0.05, 0.1) is 6.04 Å². The van der Waals surface area contributed by atoms with Crippen molar-refractivity contribution in [2.24, 2.45) is 5.84 Å². The number of nitrogens with one attached hydrogen (secondary N) is 1. The molecule has 1 unspecified atom stereocenters. The lowest BCUT2D eigenvalue weighted by Gasteiger charge is -2.09. The molecule has 2 nitrogen and oxygen atoms in total. The van der Waals surface area contributed by atoms with Crippen molar-refractivity contribution in [3.63, 3.8) is 0 Å². The Morgan fingerprint density at radius 1 is 1.67 bits per heavy atom. The van der Waals surface area contributed by atoms with Gasteiger partial charge in [-0.3, -0.25) is 11.3 Å². The standard InChI is InChI=1S/C11H14N2S2/c1-2-3-9(13-12)11-6-8-7-14-5-4-10(8)15-11/h1,6,9,13H,3-5,7,12H2. The van der Waals surface area contributed by atoms with Crippen LogP contribution >= 0.6 is 23.1 Å². The molecular weight excluding hydrogens is 224 g/mol. The first-order valence-corrected chi connectivity index (χ1v) is 6.91. The van der Waals surface area contributed by atoms with E-state index in [-0.39, 0.29) is 6.04 Å². The summed E-state index contributed by atoms with van der Waals surface area (Å²) in [6, 6.07) is 2.38. The highest BCUT2D eigenvalue weighted by Crippen LogP contribution is 2.34. The largest absolute Gasteiger partial charge is 0.271 e. The molecule has 3 N–H and O–H groups in total. The first kappa shape index (κ1) is 11.0. The lowest BCUT2D eigenvalue weighted by atomic mass is 10.1. The van der Waals surface area contributed by atoms with Gasteiger partial charge < -0.3 is 0 Å². The number of rotatable bonds is 3. The summed E-state index contributed by atoms with van der Waals surface area (Å²) < 4.78 is 0. The van der Waals surface area contributed by atoms with E-state index in [9.17, 15) is 0 Å². The van der Waals surface area contributed by atoms with Crippen LogP contribution in [0.4, 0.5) is 0 Å². The van der Waals surface area contributed by atoms with Gasteiger partial charge in [-0.25, -0.2) is 0 Å². The van der Waals surface area contributed by atoms with Crippen molar-refractivity contribution >= 4 is 23.1 Å². The minimum Gasteiger partial charge on any atom is -0.271 e. The second-order valence-electron chi connectivity index (χ2n) is 3.53. The van der Waals surface area contributed by atoms with Crippen LogP contribution in [0.15, 0.2) is 6.07 Å². The van der Waals surface area contributed by atoms with Crippen molar-refractivity contribution in [3.05, 3.63) is 21.4 Å². The second-order valence-corrected chi connectivity index (χ2v) is 5.80. The van der Waals surface area contributed by atoms with E-state index in [2.05, 4.69) is 17.4 Å². The molecule has 2 rings (SSSR count). The van der Waals surface area contributed by atoms with Crippen LogP contribution in [0.25, 0.3) is 0 Å². The zero-order chi connectivity index (χ0) is 10.7. The third-order valence-corrected chi connectivity index (χ3v) is 4.87. The minimum absolute atomic E-state index is 0.121. The maximum Gasteiger partial charge on any atom is 0.0662 e. The van der Waals surface area contributed by atoms with Gasteiger partial charge in [0.25, 0.3) is 0 Å². The van der Waals surface area contributed by atoms with Gasteiger partial charge in [0.1, 0.15) is 0 Å². The number of aryl methyl sites for hydroxylation is 1. The van der Waals surface area contributed by atoms with E-state index in [1.807, 2.05) is 23.1 Å². The zero-order valence-corrected chi connectivity index (χ0v) is 10.1. The number of hydrogen-bond acceptors (Lipinski definition) is 4. The van der Waals surface area contributed by atoms with Gasteiger partial charge in [-0.15, -0.1) is 23.7 Å². The number of hydrazine groups is 1. The maximum atomic E-state index is 5.50. The van der Waals surface area contributed by atoms with E-state index in [1.54, 1.807) is 0 Å². The molecule has 0 saturated heterocycles. The highest BCUT2D eigenvalue weighted by Gasteiger charge is 2.17. The second kappa shape index (κ2) is 5.04. The molecule has 1 atom stereocenters.